The van der Waals surface area contributed by atoms with Crippen LogP contribution < -0.4 is 0 Å². The van der Waals surface area contributed by atoms with Crippen molar-refractivity contribution in [2.45, 2.75) is 89.9 Å². The molecule has 31 heavy (non-hydrogen) atoms. The summed E-state index contributed by atoms with van der Waals surface area (Å²) >= 11 is 0. The van der Waals surface area contributed by atoms with Gasteiger partial charge in [0, 0.05) is 25.7 Å². The highest BCUT2D eigenvalue weighted by Gasteiger charge is 2.29. The van der Waals surface area contributed by atoms with Crippen LogP contribution in [0.3, 0.4) is 0 Å². The third-order valence-corrected chi connectivity index (χ3v) is 5.76. The Morgan fingerprint density at radius 2 is 0.710 bits per heavy atom. The quantitative estimate of drug-likeness (QED) is 0.177. The smallest absolute Gasteiger partial charge is 0.305 e. The molecule has 0 aliphatic carbocycles. The molecule has 0 unspecified atom stereocenters. The van der Waals surface area contributed by atoms with E-state index in [1.165, 1.54) is 28.4 Å². The fourth-order valence-corrected chi connectivity index (χ4v) is 3.91. The average Bonchev–Trinajstić information content (AvgIpc) is 2.78. The Labute approximate surface area is 186 Å². The van der Waals surface area contributed by atoms with Crippen LogP contribution in [0.1, 0.15) is 89.9 Å². The first-order valence-electron chi connectivity index (χ1n) is 11.1. The molecule has 0 aromatic rings. The van der Waals surface area contributed by atoms with Crippen LogP contribution in [0.15, 0.2) is 0 Å². The normalized spacial score (nSPS) is 11.0. The molecule has 8 heteroatoms. The van der Waals surface area contributed by atoms with Gasteiger partial charge in [0.2, 0.25) is 0 Å². The highest BCUT2D eigenvalue weighted by molar-refractivity contribution is 5.70. The molecular formula is C23H40O8. The van der Waals surface area contributed by atoms with Gasteiger partial charge in [-0.05, 0) is 56.8 Å². The molecule has 0 aromatic carbocycles. The SMILES string of the molecule is COC(=O)CCCCC(CCCCC(=O)OC)(CCCC(=O)OC)CCCC(=O)OC. The van der Waals surface area contributed by atoms with Crippen molar-refractivity contribution in [3.05, 3.63) is 0 Å². The third-order valence-electron chi connectivity index (χ3n) is 5.76. The van der Waals surface area contributed by atoms with E-state index in [1.54, 1.807) is 0 Å². The second-order valence-corrected chi connectivity index (χ2v) is 7.93. The molecule has 0 atom stereocenters. The summed E-state index contributed by atoms with van der Waals surface area (Å²) in [6, 6.07) is 0. The molecule has 0 aliphatic heterocycles. The van der Waals surface area contributed by atoms with E-state index in [0.717, 1.165) is 51.4 Å². The maximum Gasteiger partial charge on any atom is 0.305 e. The first-order chi connectivity index (χ1) is 14.8. The van der Waals surface area contributed by atoms with E-state index >= 15 is 0 Å². The molecule has 0 fully saturated rings. The van der Waals surface area contributed by atoms with Gasteiger partial charge in [-0.25, -0.2) is 0 Å². The van der Waals surface area contributed by atoms with Crippen LogP contribution in [0, 0.1) is 5.41 Å². The number of ether oxygens (including phenoxy) is 4. The summed E-state index contributed by atoms with van der Waals surface area (Å²) in [5, 5.41) is 0. The van der Waals surface area contributed by atoms with Crippen LogP contribution in [0.5, 0.6) is 0 Å². The number of methoxy groups -OCH3 is 4. The van der Waals surface area contributed by atoms with Crippen molar-refractivity contribution in [3.63, 3.8) is 0 Å². The van der Waals surface area contributed by atoms with Gasteiger partial charge in [-0.1, -0.05) is 12.8 Å². The highest BCUT2D eigenvalue weighted by Crippen LogP contribution is 2.41. The number of carbonyl (C=O) groups is 4. The van der Waals surface area contributed by atoms with Gasteiger partial charge in [-0.15, -0.1) is 0 Å². The first kappa shape index (κ1) is 28.9. The number of unbranched alkanes of at least 4 members (excludes halogenated alkanes) is 2. The van der Waals surface area contributed by atoms with E-state index in [1.807, 2.05) is 0 Å². The molecule has 0 aromatic heterocycles. The minimum Gasteiger partial charge on any atom is -0.469 e. The Balaban J connectivity index is 5.09. The summed E-state index contributed by atoms with van der Waals surface area (Å²) < 4.78 is 19.0. The number of rotatable bonds is 18. The Morgan fingerprint density at radius 3 is 1.00 bits per heavy atom. The van der Waals surface area contributed by atoms with Gasteiger partial charge < -0.3 is 18.9 Å². The highest BCUT2D eigenvalue weighted by atomic mass is 16.5. The lowest BCUT2D eigenvalue weighted by atomic mass is 9.71. The molecule has 0 aliphatic rings. The largest absolute Gasteiger partial charge is 0.469 e. The van der Waals surface area contributed by atoms with Gasteiger partial charge in [0.1, 0.15) is 0 Å². The molecule has 0 bridgehead atoms. The lowest BCUT2D eigenvalue weighted by Gasteiger charge is -2.35. The van der Waals surface area contributed by atoms with Crippen molar-refractivity contribution in [1.29, 1.82) is 0 Å². The summed E-state index contributed by atoms with van der Waals surface area (Å²) in [5.41, 5.74) is -0.0751. The molecule has 8 nitrogen and oxygen atoms in total. The lowest BCUT2D eigenvalue weighted by molar-refractivity contribution is -0.142. The molecule has 0 radical (unpaired) electrons. The van der Waals surface area contributed by atoms with Crippen molar-refractivity contribution in [2.75, 3.05) is 28.4 Å². The molecule has 0 amide bonds. The molecule has 0 rings (SSSR count). The maximum absolute atomic E-state index is 11.6. The molecule has 0 saturated heterocycles. The molecule has 0 N–H and O–H groups in total. The van der Waals surface area contributed by atoms with E-state index < -0.39 is 0 Å². The number of hydrogen-bond donors (Lipinski definition) is 0. The minimum absolute atomic E-state index is 0.0751. The summed E-state index contributed by atoms with van der Waals surface area (Å²) in [6.07, 6.45) is 9.38. The van der Waals surface area contributed by atoms with Gasteiger partial charge in [0.25, 0.3) is 0 Å². The Morgan fingerprint density at radius 1 is 0.452 bits per heavy atom. The third kappa shape index (κ3) is 14.5. The van der Waals surface area contributed by atoms with Crippen LogP contribution in [0.25, 0.3) is 0 Å². The molecule has 0 saturated carbocycles. The average molecular weight is 445 g/mol. The number of carbonyl (C=O) groups excluding carboxylic acids is 4. The molecule has 0 heterocycles. The second-order valence-electron chi connectivity index (χ2n) is 7.93. The lowest BCUT2D eigenvalue weighted by Crippen LogP contribution is -2.23. The number of hydrogen-bond acceptors (Lipinski definition) is 8. The van der Waals surface area contributed by atoms with Crippen LogP contribution in [0.4, 0.5) is 0 Å². The monoisotopic (exact) mass is 444 g/mol. The van der Waals surface area contributed by atoms with Crippen LogP contribution in [0.2, 0.25) is 0 Å². The van der Waals surface area contributed by atoms with Crippen molar-refractivity contribution in [1.82, 2.24) is 0 Å². The molecule has 0 spiro atoms. The fraction of sp³-hybridized carbons (Fsp3) is 0.826. The Kier molecular flexibility index (Phi) is 16.3. The van der Waals surface area contributed by atoms with Gasteiger partial charge in [-0.3, -0.25) is 19.2 Å². The summed E-state index contributed by atoms with van der Waals surface area (Å²) in [5.74, 6) is -0.917. The zero-order valence-corrected chi connectivity index (χ0v) is 19.7. The summed E-state index contributed by atoms with van der Waals surface area (Å²) in [6.45, 7) is 0. The molecule has 180 valence electrons. The maximum atomic E-state index is 11.6. The van der Waals surface area contributed by atoms with Crippen molar-refractivity contribution in [2.24, 2.45) is 5.41 Å². The van der Waals surface area contributed by atoms with E-state index in [-0.39, 0.29) is 29.3 Å². The Hall–Kier alpha value is -2.12. The van der Waals surface area contributed by atoms with E-state index in [9.17, 15) is 19.2 Å². The predicted molar refractivity (Wildman–Crippen MR) is 115 cm³/mol. The van der Waals surface area contributed by atoms with Gasteiger partial charge in [0.15, 0.2) is 0 Å². The predicted octanol–water partition coefficient (Wildman–Crippen LogP) is 4.13. The topological polar surface area (TPSA) is 105 Å². The van der Waals surface area contributed by atoms with Crippen LogP contribution in [-0.2, 0) is 38.1 Å². The van der Waals surface area contributed by atoms with Crippen LogP contribution >= 0.6 is 0 Å². The van der Waals surface area contributed by atoms with Crippen LogP contribution in [-0.4, -0.2) is 52.3 Å². The van der Waals surface area contributed by atoms with E-state index in [4.69, 9.17) is 18.9 Å². The standard InChI is InChI=1S/C23H40O8/c1-28-19(24)11-5-7-15-23(17-9-13-21(26)30-3,18-10-14-22(27)31-4)16-8-6-12-20(25)29-2/h5-18H2,1-4H3. The van der Waals surface area contributed by atoms with Crippen molar-refractivity contribution in [3.8, 4) is 0 Å². The van der Waals surface area contributed by atoms with Crippen molar-refractivity contribution >= 4 is 23.9 Å². The summed E-state index contributed by atoms with van der Waals surface area (Å²) in [4.78, 5) is 46.0. The van der Waals surface area contributed by atoms with E-state index in [0.29, 0.717) is 38.5 Å². The Bertz CT molecular complexity index is 496. The first-order valence-corrected chi connectivity index (χ1v) is 11.1. The van der Waals surface area contributed by atoms with Gasteiger partial charge >= 0.3 is 23.9 Å². The van der Waals surface area contributed by atoms with Gasteiger partial charge in [-0.2, -0.15) is 0 Å². The minimum atomic E-state index is -0.236. The fourth-order valence-electron chi connectivity index (χ4n) is 3.91. The van der Waals surface area contributed by atoms with Gasteiger partial charge in [0.05, 0.1) is 28.4 Å². The zero-order valence-electron chi connectivity index (χ0n) is 19.7. The van der Waals surface area contributed by atoms with Crippen molar-refractivity contribution < 1.29 is 38.1 Å². The number of esters is 4. The molecular weight excluding hydrogens is 404 g/mol. The zero-order chi connectivity index (χ0) is 23.5. The second kappa shape index (κ2) is 17.5. The van der Waals surface area contributed by atoms with E-state index in [2.05, 4.69) is 0 Å². The summed E-state index contributed by atoms with van der Waals surface area (Å²) in [7, 11) is 5.53.